The lowest BCUT2D eigenvalue weighted by Gasteiger charge is -2.14. The maximum absolute atomic E-state index is 11.2. The Morgan fingerprint density at radius 1 is 0.838 bits per heavy atom. The highest BCUT2D eigenvalue weighted by atomic mass is 16.5. The van der Waals surface area contributed by atoms with E-state index >= 15 is 0 Å². The fourth-order valence-electron chi connectivity index (χ4n) is 4.09. The van der Waals surface area contributed by atoms with Crippen molar-refractivity contribution in [3.05, 3.63) is 78.4 Å². The van der Waals surface area contributed by atoms with Crippen LogP contribution < -0.4 is 18.9 Å². The molecule has 1 N–H and O–H groups in total. The molecule has 37 heavy (non-hydrogen) atoms. The summed E-state index contributed by atoms with van der Waals surface area (Å²) >= 11 is 0. The van der Waals surface area contributed by atoms with Crippen molar-refractivity contribution in [2.24, 2.45) is 0 Å². The number of methoxy groups -OCH3 is 2. The van der Waals surface area contributed by atoms with Gasteiger partial charge in [0, 0.05) is 23.7 Å². The molecule has 0 aliphatic carbocycles. The van der Waals surface area contributed by atoms with E-state index in [1.54, 1.807) is 19.2 Å². The van der Waals surface area contributed by atoms with Gasteiger partial charge < -0.3 is 24.1 Å². The summed E-state index contributed by atoms with van der Waals surface area (Å²) in [6.45, 7) is 2.60. The number of benzene rings is 3. The first-order chi connectivity index (χ1) is 18.0. The Balaban J connectivity index is 1.84. The number of carbonyl (C=O) groups is 1. The summed E-state index contributed by atoms with van der Waals surface area (Å²) in [7, 11) is 3.06. The van der Waals surface area contributed by atoms with E-state index < -0.39 is 12.6 Å². The third-order valence-electron chi connectivity index (χ3n) is 5.81. The summed E-state index contributed by atoms with van der Waals surface area (Å²) < 4.78 is 24.4. The Labute approximate surface area is 216 Å². The molecule has 1 heterocycles. The summed E-state index contributed by atoms with van der Waals surface area (Å²) in [5.41, 5.74) is 4.17. The standard InChI is InChI=1S/C29H30N2O6/c1-4-36-25-13-9-8-12-21(25)24-17-23(30-31(24)15-14-20-10-6-5-7-11-20)22-16-27(34-2)28(35-3)18-26(22)37-19-29(32)33/h5-13,16-18H,4,14-15,19H2,1-3H3,(H,32,33). The number of aromatic nitrogens is 2. The molecule has 0 saturated heterocycles. The van der Waals surface area contributed by atoms with Crippen LogP contribution >= 0.6 is 0 Å². The zero-order valence-electron chi connectivity index (χ0n) is 21.1. The van der Waals surface area contributed by atoms with Gasteiger partial charge in [0.05, 0.1) is 32.2 Å². The highest BCUT2D eigenvalue weighted by Gasteiger charge is 2.21. The van der Waals surface area contributed by atoms with Crippen molar-refractivity contribution in [2.75, 3.05) is 27.4 Å². The Morgan fingerprint density at radius 3 is 2.24 bits per heavy atom. The minimum atomic E-state index is -1.08. The molecule has 0 fully saturated rings. The van der Waals surface area contributed by atoms with Gasteiger partial charge in [-0.05, 0) is 43.2 Å². The van der Waals surface area contributed by atoms with Gasteiger partial charge in [0.25, 0.3) is 0 Å². The number of nitrogens with zero attached hydrogens (tertiary/aromatic N) is 2. The number of carboxylic acid groups (broad SMARTS) is 1. The lowest BCUT2D eigenvalue weighted by Crippen LogP contribution is -2.10. The highest BCUT2D eigenvalue weighted by molar-refractivity contribution is 5.78. The maximum Gasteiger partial charge on any atom is 0.341 e. The molecule has 4 rings (SSSR count). The molecule has 0 bridgehead atoms. The lowest BCUT2D eigenvalue weighted by atomic mass is 10.1. The van der Waals surface area contributed by atoms with Gasteiger partial charge in [-0.15, -0.1) is 0 Å². The second-order valence-corrected chi connectivity index (χ2v) is 8.19. The number of para-hydroxylation sites is 1. The molecule has 8 heteroatoms. The third kappa shape index (κ3) is 6.03. The predicted octanol–water partition coefficient (Wildman–Crippen LogP) is 5.34. The largest absolute Gasteiger partial charge is 0.493 e. The van der Waals surface area contributed by atoms with Crippen LogP contribution in [0, 0.1) is 0 Å². The van der Waals surface area contributed by atoms with Crippen molar-refractivity contribution in [1.29, 1.82) is 0 Å². The second-order valence-electron chi connectivity index (χ2n) is 8.19. The second kappa shape index (κ2) is 12.0. The first kappa shape index (κ1) is 25.6. The Bertz CT molecular complexity index is 1350. The Kier molecular flexibility index (Phi) is 8.30. The molecule has 0 amide bonds. The van der Waals surface area contributed by atoms with Gasteiger partial charge >= 0.3 is 5.97 Å². The van der Waals surface area contributed by atoms with Gasteiger partial charge in [0.2, 0.25) is 0 Å². The molecule has 0 unspecified atom stereocenters. The highest BCUT2D eigenvalue weighted by Crippen LogP contribution is 2.41. The van der Waals surface area contributed by atoms with E-state index in [-0.39, 0.29) is 0 Å². The van der Waals surface area contributed by atoms with E-state index in [0.717, 1.165) is 23.4 Å². The van der Waals surface area contributed by atoms with Crippen LogP contribution in [0.15, 0.2) is 72.8 Å². The van der Waals surface area contributed by atoms with Crippen molar-refractivity contribution in [3.8, 4) is 45.5 Å². The van der Waals surface area contributed by atoms with E-state index in [2.05, 4.69) is 12.1 Å². The normalized spacial score (nSPS) is 10.7. The van der Waals surface area contributed by atoms with Gasteiger partial charge in [-0.3, -0.25) is 4.68 Å². The first-order valence-corrected chi connectivity index (χ1v) is 12.0. The number of aliphatic carboxylic acids is 1. The van der Waals surface area contributed by atoms with Crippen LogP contribution in [-0.2, 0) is 17.8 Å². The molecule has 4 aromatic rings. The average Bonchev–Trinajstić information content (AvgIpc) is 3.35. The van der Waals surface area contributed by atoms with Crippen molar-refractivity contribution in [2.45, 2.75) is 19.9 Å². The maximum atomic E-state index is 11.2. The van der Waals surface area contributed by atoms with E-state index in [1.807, 2.05) is 60.1 Å². The van der Waals surface area contributed by atoms with Gasteiger partial charge in [0.1, 0.15) is 11.5 Å². The van der Waals surface area contributed by atoms with Crippen molar-refractivity contribution < 1.29 is 28.8 Å². The lowest BCUT2D eigenvalue weighted by molar-refractivity contribution is -0.139. The molecule has 8 nitrogen and oxygen atoms in total. The summed E-state index contributed by atoms with van der Waals surface area (Å²) in [6.07, 6.45) is 0.778. The molecule has 0 saturated carbocycles. The van der Waals surface area contributed by atoms with Crippen molar-refractivity contribution in [3.63, 3.8) is 0 Å². The molecule has 0 radical (unpaired) electrons. The van der Waals surface area contributed by atoms with Crippen LogP contribution in [0.5, 0.6) is 23.0 Å². The number of carboxylic acids is 1. The monoisotopic (exact) mass is 502 g/mol. The van der Waals surface area contributed by atoms with E-state index in [4.69, 9.17) is 24.0 Å². The van der Waals surface area contributed by atoms with Crippen LogP contribution in [0.25, 0.3) is 22.5 Å². The van der Waals surface area contributed by atoms with Gasteiger partial charge in [-0.2, -0.15) is 5.10 Å². The molecule has 0 aliphatic rings. The summed E-state index contributed by atoms with van der Waals surface area (Å²) in [6, 6.07) is 23.4. The van der Waals surface area contributed by atoms with Crippen molar-refractivity contribution in [1.82, 2.24) is 9.78 Å². The number of hydrogen-bond donors (Lipinski definition) is 1. The fourth-order valence-corrected chi connectivity index (χ4v) is 4.09. The van der Waals surface area contributed by atoms with Gasteiger partial charge in [-0.1, -0.05) is 42.5 Å². The molecule has 0 aliphatic heterocycles. The quantitative estimate of drug-likeness (QED) is 0.280. The fraction of sp³-hybridized carbons (Fsp3) is 0.241. The Hall–Kier alpha value is -4.46. The summed E-state index contributed by atoms with van der Waals surface area (Å²) in [5.74, 6) is 0.914. The zero-order valence-corrected chi connectivity index (χ0v) is 21.1. The minimum absolute atomic E-state index is 0.331. The number of ether oxygens (including phenoxy) is 4. The number of rotatable bonds is 12. The number of aryl methyl sites for hydroxylation is 2. The van der Waals surface area contributed by atoms with Crippen LogP contribution in [0.1, 0.15) is 12.5 Å². The smallest absolute Gasteiger partial charge is 0.341 e. The predicted molar refractivity (Wildman–Crippen MR) is 141 cm³/mol. The first-order valence-electron chi connectivity index (χ1n) is 12.0. The van der Waals surface area contributed by atoms with Gasteiger partial charge in [-0.25, -0.2) is 4.79 Å². The van der Waals surface area contributed by atoms with Crippen LogP contribution in [0.2, 0.25) is 0 Å². The molecule has 3 aromatic carbocycles. The molecule has 0 spiro atoms. The van der Waals surface area contributed by atoms with Crippen LogP contribution in [0.3, 0.4) is 0 Å². The van der Waals surface area contributed by atoms with Crippen molar-refractivity contribution >= 4 is 5.97 Å². The average molecular weight is 503 g/mol. The SMILES string of the molecule is CCOc1ccccc1-c1cc(-c2cc(OC)c(OC)cc2OCC(=O)O)nn1CCc1ccccc1. The molecule has 1 aromatic heterocycles. The molecule has 192 valence electrons. The van der Waals surface area contributed by atoms with Crippen LogP contribution in [-0.4, -0.2) is 48.3 Å². The Morgan fingerprint density at radius 2 is 1.54 bits per heavy atom. The number of hydrogen-bond acceptors (Lipinski definition) is 6. The third-order valence-corrected chi connectivity index (χ3v) is 5.81. The zero-order chi connectivity index (χ0) is 26.2. The van der Waals surface area contributed by atoms with Crippen LogP contribution in [0.4, 0.5) is 0 Å². The minimum Gasteiger partial charge on any atom is -0.493 e. The molecular weight excluding hydrogens is 472 g/mol. The van der Waals surface area contributed by atoms with E-state index in [0.29, 0.717) is 41.7 Å². The van der Waals surface area contributed by atoms with Gasteiger partial charge in [0.15, 0.2) is 18.1 Å². The molecular formula is C29H30N2O6. The summed E-state index contributed by atoms with van der Waals surface area (Å²) in [4.78, 5) is 11.2. The molecule has 0 atom stereocenters. The topological polar surface area (TPSA) is 92.0 Å². The summed E-state index contributed by atoms with van der Waals surface area (Å²) in [5, 5.41) is 14.1. The van der Waals surface area contributed by atoms with E-state index in [9.17, 15) is 9.90 Å². The van der Waals surface area contributed by atoms with E-state index in [1.165, 1.54) is 12.7 Å².